The van der Waals surface area contributed by atoms with E-state index in [0.29, 0.717) is 0 Å². The van der Waals surface area contributed by atoms with E-state index in [0.717, 1.165) is 77.5 Å². The standard InChI is InChI=1S/C15H34N4O/c1-14(18)15(20)19(12-8-4-2-6-10-16)13-9-5-3-7-11-17/h14H,2-13,16-18H2,1H3/t14-/m1/s1. The molecule has 0 aromatic carbocycles. The molecule has 0 rings (SSSR count). The van der Waals surface area contributed by atoms with Gasteiger partial charge in [-0.1, -0.05) is 25.7 Å². The summed E-state index contributed by atoms with van der Waals surface area (Å²) in [5, 5.41) is 0. The van der Waals surface area contributed by atoms with Gasteiger partial charge in [-0.3, -0.25) is 4.79 Å². The smallest absolute Gasteiger partial charge is 0.239 e. The fourth-order valence-corrected chi connectivity index (χ4v) is 2.22. The van der Waals surface area contributed by atoms with Crippen molar-refractivity contribution in [2.75, 3.05) is 26.2 Å². The third-order valence-electron chi connectivity index (χ3n) is 3.47. The van der Waals surface area contributed by atoms with E-state index in [4.69, 9.17) is 17.2 Å². The summed E-state index contributed by atoms with van der Waals surface area (Å²) < 4.78 is 0. The number of carbonyl (C=O) groups excluding carboxylic acids is 1. The van der Waals surface area contributed by atoms with Gasteiger partial charge in [-0.25, -0.2) is 0 Å². The summed E-state index contributed by atoms with van der Waals surface area (Å²) in [5.74, 6) is 0.0719. The number of unbranched alkanes of at least 4 members (excludes halogenated alkanes) is 6. The summed E-state index contributed by atoms with van der Waals surface area (Å²) in [6.07, 6.45) is 8.78. The minimum Gasteiger partial charge on any atom is -0.341 e. The molecule has 120 valence electrons. The molecule has 0 radical (unpaired) electrons. The Labute approximate surface area is 124 Å². The third-order valence-corrected chi connectivity index (χ3v) is 3.47. The predicted molar refractivity (Wildman–Crippen MR) is 85.3 cm³/mol. The first-order valence-electron chi connectivity index (χ1n) is 8.08. The van der Waals surface area contributed by atoms with Crippen LogP contribution in [-0.2, 0) is 4.79 Å². The first kappa shape index (κ1) is 19.4. The van der Waals surface area contributed by atoms with Crippen LogP contribution in [0.5, 0.6) is 0 Å². The Morgan fingerprint density at radius 2 is 1.25 bits per heavy atom. The predicted octanol–water partition coefficient (Wildman–Crippen LogP) is 1.20. The van der Waals surface area contributed by atoms with Crippen LogP contribution in [0.2, 0.25) is 0 Å². The van der Waals surface area contributed by atoms with E-state index in [1.54, 1.807) is 6.92 Å². The highest BCUT2D eigenvalue weighted by atomic mass is 16.2. The summed E-state index contributed by atoms with van der Waals surface area (Å²) in [4.78, 5) is 14.0. The second kappa shape index (κ2) is 13.3. The second-order valence-corrected chi connectivity index (χ2v) is 5.52. The molecule has 20 heavy (non-hydrogen) atoms. The first-order valence-corrected chi connectivity index (χ1v) is 8.08. The monoisotopic (exact) mass is 286 g/mol. The number of rotatable bonds is 13. The highest BCUT2D eigenvalue weighted by Gasteiger charge is 2.16. The van der Waals surface area contributed by atoms with E-state index in [2.05, 4.69) is 0 Å². The van der Waals surface area contributed by atoms with Gasteiger partial charge in [-0.15, -0.1) is 0 Å². The molecule has 0 aromatic rings. The van der Waals surface area contributed by atoms with Crippen LogP contribution >= 0.6 is 0 Å². The van der Waals surface area contributed by atoms with Gasteiger partial charge in [0.15, 0.2) is 0 Å². The van der Waals surface area contributed by atoms with Crippen molar-refractivity contribution in [2.24, 2.45) is 17.2 Å². The van der Waals surface area contributed by atoms with Crippen molar-refractivity contribution in [3.63, 3.8) is 0 Å². The van der Waals surface area contributed by atoms with Crippen LogP contribution in [0.1, 0.15) is 58.3 Å². The fraction of sp³-hybridized carbons (Fsp3) is 0.933. The number of nitrogens with zero attached hydrogens (tertiary/aromatic N) is 1. The van der Waals surface area contributed by atoms with Crippen molar-refractivity contribution < 1.29 is 4.79 Å². The van der Waals surface area contributed by atoms with E-state index in [9.17, 15) is 4.79 Å². The average molecular weight is 286 g/mol. The van der Waals surface area contributed by atoms with Crippen molar-refractivity contribution in [1.29, 1.82) is 0 Å². The zero-order chi connectivity index (χ0) is 15.2. The molecular weight excluding hydrogens is 252 g/mol. The molecule has 1 atom stereocenters. The summed E-state index contributed by atoms with van der Waals surface area (Å²) in [6.45, 7) is 4.91. The van der Waals surface area contributed by atoms with Gasteiger partial charge < -0.3 is 22.1 Å². The van der Waals surface area contributed by atoms with Crippen molar-refractivity contribution in [1.82, 2.24) is 4.90 Å². The van der Waals surface area contributed by atoms with Gasteiger partial charge in [-0.05, 0) is 45.7 Å². The minimum atomic E-state index is -0.400. The molecule has 0 aliphatic carbocycles. The van der Waals surface area contributed by atoms with E-state index in [-0.39, 0.29) is 5.91 Å². The molecule has 0 saturated carbocycles. The SMILES string of the molecule is C[C@@H](N)C(=O)N(CCCCCCN)CCCCCCN. The van der Waals surface area contributed by atoms with Crippen LogP contribution in [0.3, 0.4) is 0 Å². The third kappa shape index (κ3) is 10.2. The second-order valence-electron chi connectivity index (χ2n) is 5.52. The molecule has 0 heterocycles. The van der Waals surface area contributed by atoms with Crippen LogP contribution in [0.25, 0.3) is 0 Å². The molecule has 0 fully saturated rings. The normalized spacial score (nSPS) is 12.4. The van der Waals surface area contributed by atoms with Gasteiger partial charge >= 0.3 is 0 Å². The Kier molecular flexibility index (Phi) is 12.9. The molecule has 0 unspecified atom stereocenters. The molecule has 5 heteroatoms. The number of amides is 1. The molecule has 0 spiro atoms. The summed E-state index contributed by atoms with van der Waals surface area (Å²) in [6, 6.07) is -0.400. The van der Waals surface area contributed by atoms with Crippen LogP contribution in [0, 0.1) is 0 Å². The lowest BCUT2D eigenvalue weighted by molar-refractivity contribution is -0.132. The largest absolute Gasteiger partial charge is 0.341 e. The number of hydrogen-bond donors (Lipinski definition) is 3. The molecule has 0 aromatic heterocycles. The Morgan fingerprint density at radius 1 is 0.850 bits per heavy atom. The van der Waals surface area contributed by atoms with Gasteiger partial charge in [0, 0.05) is 13.1 Å². The lowest BCUT2D eigenvalue weighted by Gasteiger charge is -2.24. The Bertz CT molecular complexity index is 220. The topological polar surface area (TPSA) is 98.4 Å². The van der Waals surface area contributed by atoms with Crippen LogP contribution in [0.4, 0.5) is 0 Å². The van der Waals surface area contributed by atoms with E-state index >= 15 is 0 Å². The Morgan fingerprint density at radius 3 is 1.60 bits per heavy atom. The Balaban J connectivity index is 3.92. The van der Waals surface area contributed by atoms with Crippen molar-refractivity contribution in [2.45, 2.75) is 64.3 Å². The highest BCUT2D eigenvalue weighted by Crippen LogP contribution is 2.06. The molecule has 6 N–H and O–H groups in total. The molecule has 0 aliphatic heterocycles. The van der Waals surface area contributed by atoms with Crippen LogP contribution in [-0.4, -0.2) is 43.0 Å². The van der Waals surface area contributed by atoms with Crippen LogP contribution in [0.15, 0.2) is 0 Å². The molecule has 0 aliphatic rings. The number of nitrogens with two attached hydrogens (primary N) is 3. The molecule has 1 amide bonds. The summed E-state index contributed by atoms with van der Waals surface area (Å²) >= 11 is 0. The Hall–Kier alpha value is -0.650. The lowest BCUT2D eigenvalue weighted by atomic mass is 10.1. The maximum atomic E-state index is 12.0. The van der Waals surface area contributed by atoms with Gasteiger partial charge in [0.05, 0.1) is 6.04 Å². The molecular formula is C15H34N4O. The maximum absolute atomic E-state index is 12.0. The molecule has 0 bridgehead atoms. The molecule has 0 saturated heterocycles. The highest BCUT2D eigenvalue weighted by molar-refractivity contribution is 5.81. The van der Waals surface area contributed by atoms with E-state index in [1.807, 2.05) is 4.90 Å². The van der Waals surface area contributed by atoms with Gasteiger partial charge in [0.25, 0.3) is 0 Å². The van der Waals surface area contributed by atoms with Crippen molar-refractivity contribution >= 4 is 5.91 Å². The van der Waals surface area contributed by atoms with Gasteiger partial charge in [-0.2, -0.15) is 0 Å². The lowest BCUT2D eigenvalue weighted by Crippen LogP contribution is -2.43. The maximum Gasteiger partial charge on any atom is 0.239 e. The first-order chi connectivity index (χ1) is 9.63. The zero-order valence-corrected chi connectivity index (χ0v) is 13.2. The number of hydrogen-bond acceptors (Lipinski definition) is 4. The van der Waals surface area contributed by atoms with Crippen molar-refractivity contribution in [3.8, 4) is 0 Å². The minimum absolute atomic E-state index is 0.0719. The quantitative estimate of drug-likeness (QED) is 0.443. The van der Waals surface area contributed by atoms with Crippen molar-refractivity contribution in [3.05, 3.63) is 0 Å². The van der Waals surface area contributed by atoms with E-state index < -0.39 is 6.04 Å². The van der Waals surface area contributed by atoms with Gasteiger partial charge in [0.1, 0.15) is 0 Å². The van der Waals surface area contributed by atoms with E-state index in [1.165, 1.54) is 0 Å². The summed E-state index contributed by atoms with van der Waals surface area (Å²) in [7, 11) is 0. The van der Waals surface area contributed by atoms with Gasteiger partial charge in [0.2, 0.25) is 5.91 Å². The fourth-order valence-electron chi connectivity index (χ4n) is 2.22. The zero-order valence-electron chi connectivity index (χ0n) is 13.2. The number of carbonyl (C=O) groups is 1. The average Bonchev–Trinajstić information content (AvgIpc) is 2.43. The molecule has 5 nitrogen and oxygen atoms in total. The van der Waals surface area contributed by atoms with Crippen LogP contribution < -0.4 is 17.2 Å². The summed E-state index contributed by atoms with van der Waals surface area (Å²) in [5.41, 5.74) is 16.7.